The van der Waals surface area contributed by atoms with Crippen LogP contribution in [0.3, 0.4) is 0 Å². The lowest BCUT2D eigenvalue weighted by molar-refractivity contribution is 0.472. The van der Waals surface area contributed by atoms with Gasteiger partial charge in [0.05, 0.1) is 0 Å². The molecule has 2 nitrogen and oxygen atoms in total. The molecular weight excluding hydrogens is 314 g/mol. The molecule has 0 N–H and O–H groups in total. The van der Waals surface area contributed by atoms with Gasteiger partial charge in [-0.05, 0) is 17.8 Å². The Balaban J connectivity index is 3.68. The molecule has 0 heterocycles. The molecule has 0 aliphatic rings. The van der Waals surface area contributed by atoms with E-state index in [0.29, 0.717) is 5.75 Å². The molecule has 5 heteroatoms. The molecule has 0 aliphatic heterocycles. The Bertz CT molecular complexity index is 513. The topological polar surface area (TPSA) is 26.3 Å². The van der Waals surface area contributed by atoms with E-state index in [1.165, 1.54) is 0 Å². The Morgan fingerprint density at radius 1 is 0.950 bits per heavy atom. The summed E-state index contributed by atoms with van der Waals surface area (Å²) in [5.41, 5.74) is 2.73. The first-order valence-corrected chi connectivity index (χ1v) is 10.00. The third-order valence-electron chi connectivity index (χ3n) is 3.05. The molecule has 0 saturated carbocycles. The average molecular weight is 337 g/mol. The highest BCUT2D eigenvalue weighted by Gasteiger charge is 2.30. The first-order chi connectivity index (χ1) is 8.72. The van der Waals surface area contributed by atoms with Crippen molar-refractivity contribution in [2.45, 2.75) is 59.3 Å². The monoisotopic (exact) mass is 336 g/mol. The largest absolute Gasteiger partial charge is 0.428 e. The lowest BCUT2D eigenvalue weighted by atomic mass is 9.78. The number of halogens is 2. The molecule has 0 radical (unpaired) electrons. The maximum Gasteiger partial charge on any atom is 0.428 e. The lowest BCUT2D eigenvalue weighted by Gasteiger charge is -2.30. The first kappa shape index (κ1) is 17.9. The Labute approximate surface area is 131 Å². The molecule has 1 aromatic rings. The summed E-state index contributed by atoms with van der Waals surface area (Å²) in [6.45, 7) is 14.5. The molecule has 0 atom stereocenters. The normalized spacial score (nSPS) is 13.4. The van der Waals surface area contributed by atoms with Crippen molar-refractivity contribution in [2.24, 2.45) is 0 Å². The van der Waals surface area contributed by atoms with E-state index in [9.17, 15) is 4.57 Å². The molecule has 0 amide bonds. The predicted molar refractivity (Wildman–Crippen MR) is 88.5 cm³/mol. The van der Waals surface area contributed by atoms with Crippen molar-refractivity contribution in [1.29, 1.82) is 0 Å². The standard InChI is InChI=1S/C15H23Cl2O2P/c1-10-8-11(14(2,3)4)13(19-20(16,17)18)12(9-10)15(5,6)7/h8-9H,1-7H3. The van der Waals surface area contributed by atoms with Gasteiger partial charge in [0, 0.05) is 33.6 Å². The van der Waals surface area contributed by atoms with Gasteiger partial charge >= 0.3 is 6.07 Å². The fourth-order valence-electron chi connectivity index (χ4n) is 2.09. The Morgan fingerprint density at radius 3 is 1.55 bits per heavy atom. The van der Waals surface area contributed by atoms with E-state index >= 15 is 0 Å². The molecule has 20 heavy (non-hydrogen) atoms. The second-order valence-electron chi connectivity index (χ2n) is 7.19. The van der Waals surface area contributed by atoms with Gasteiger partial charge in [-0.15, -0.1) is 0 Å². The van der Waals surface area contributed by atoms with E-state index < -0.39 is 6.07 Å². The van der Waals surface area contributed by atoms with Gasteiger partial charge in [0.25, 0.3) is 0 Å². The molecule has 0 bridgehead atoms. The summed E-state index contributed by atoms with van der Waals surface area (Å²) < 4.78 is 17.2. The zero-order chi connectivity index (χ0) is 15.9. The van der Waals surface area contributed by atoms with Crippen LogP contribution in [0.1, 0.15) is 58.2 Å². The molecule has 0 aromatic heterocycles. The molecule has 0 spiro atoms. The Kier molecular flexibility index (Phi) is 4.97. The van der Waals surface area contributed by atoms with Crippen LogP contribution in [0.2, 0.25) is 0 Å². The van der Waals surface area contributed by atoms with Crippen molar-refractivity contribution in [2.75, 3.05) is 0 Å². The quantitative estimate of drug-likeness (QED) is 0.572. The number of aryl methyl sites for hydroxylation is 1. The van der Waals surface area contributed by atoms with Crippen LogP contribution < -0.4 is 4.52 Å². The van der Waals surface area contributed by atoms with Crippen LogP contribution in [0.4, 0.5) is 0 Å². The molecule has 1 rings (SSSR count). The highest BCUT2D eigenvalue weighted by atomic mass is 35.9. The Morgan fingerprint density at radius 2 is 1.30 bits per heavy atom. The van der Waals surface area contributed by atoms with Gasteiger partial charge < -0.3 is 4.52 Å². The van der Waals surface area contributed by atoms with Gasteiger partial charge in [0.2, 0.25) is 0 Å². The number of hydrogen-bond acceptors (Lipinski definition) is 2. The van der Waals surface area contributed by atoms with Crippen LogP contribution in [0.25, 0.3) is 0 Å². The SMILES string of the molecule is Cc1cc(C(C)(C)C)c(OP(=O)(Cl)Cl)c(C(C)(C)C)c1. The van der Waals surface area contributed by atoms with Crippen LogP contribution in [-0.4, -0.2) is 0 Å². The van der Waals surface area contributed by atoms with Gasteiger partial charge in [-0.25, -0.2) is 4.57 Å². The summed E-state index contributed by atoms with van der Waals surface area (Å²) in [5.74, 6) is 0.545. The third kappa shape index (κ3) is 4.69. The summed E-state index contributed by atoms with van der Waals surface area (Å²) >= 11 is 11.3. The van der Waals surface area contributed by atoms with Crippen LogP contribution in [0.15, 0.2) is 12.1 Å². The maximum absolute atomic E-state index is 11.7. The molecule has 0 fully saturated rings. The highest BCUT2D eigenvalue weighted by molar-refractivity contribution is 8.05. The third-order valence-corrected chi connectivity index (χ3v) is 3.86. The van der Waals surface area contributed by atoms with E-state index in [1.54, 1.807) is 0 Å². The predicted octanol–water partition coefficient (Wildman–Crippen LogP) is 6.55. The van der Waals surface area contributed by atoms with Crippen LogP contribution >= 0.6 is 28.6 Å². The smallest absolute Gasteiger partial charge is 0.422 e. The number of hydrogen-bond donors (Lipinski definition) is 0. The van der Waals surface area contributed by atoms with E-state index in [0.717, 1.165) is 16.7 Å². The average Bonchev–Trinajstić information content (AvgIpc) is 2.14. The van der Waals surface area contributed by atoms with Gasteiger partial charge in [0.1, 0.15) is 5.75 Å². The van der Waals surface area contributed by atoms with Crippen LogP contribution in [0.5, 0.6) is 5.75 Å². The fourth-order valence-corrected chi connectivity index (χ4v) is 2.92. The minimum Gasteiger partial charge on any atom is -0.422 e. The zero-order valence-electron chi connectivity index (χ0n) is 13.2. The van der Waals surface area contributed by atoms with Crippen LogP contribution in [0, 0.1) is 6.92 Å². The van der Waals surface area contributed by atoms with Gasteiger partial charge in [-0.1, -0.05) is 59.2 Å². The summed E-state index contributed by atoms with van der Waals surface area (Å²) in [4.78, 5) is 0. The summed E-state index contributed by atoms with van der Waals surface area (Å²) in [7, 11) is 0. The van der Waals surface area contributed by atoms with Crippen molar-refractivity contribution in [3.8, 4) is 5.75 Å². The molecule has 0 aliphatic carbocycles. The second kappa shape index (κ2) is 5.55. The number of rotatable bonds is 2. The van der Waals surface area contributed by atoms with E-state index in [4.69, 9.17) is 27.0 Å². The van der Waals surface area contributed by atoms with Crippen molar-refractivity contribution in [1.82, 2.24) is 0 Å². The van der Waals surface area contributed by atoms with Gasteiger partial charge in [-0.2, -0.15) is 0 Å². The molecule has 0 unspecified atom stereocenters. The minimum atomic E-state index is -3.65. The van der Waals surface area contributed by atoms with Crippen molar-refractivity contribution in [3.63, 3.8) is 0 Å². The van der Waals surface area contributed by atoms with Crippen molar-refractivity contribution >= 4 is 28.6 Å². The second-order valence-corrected chi connectivity index (χ2v) is 11.4. The minimum absolute atomic E-state index is 0.162. The molecule has 114 valence electrons. The van der Waals surface area contributed by atoms with E-state index in [2.05, 4.69) is 41.5 Å². The van der Waals surface area contributed by atoms with E-state index in [1.807, 2.05) is 19.1 Å². The van der Waals surface area contributed by atoms with Crippen LogP contribution in [-0.2, 0) is 15.4 Å². The number of benzene rings is 1. The summed E-state index contributed by atoms with van der Waals surface area (Å²) in [5, 5.41) is 0. The van der Waals surface area contributed by atoms with Crippen molar-refractivity contribution in [3.05, 3.63) is 28.8 Å². The first-order valence-electron chi connectivity index (χ1n) is 6.56. The zero-order valence-corrected chi connectivity index (χ0v) is 15.6. The van der Waals surface area contributed by atoms with Gasteiger partial charge in [-0.3, -0.25) is 0 Å². The molecule has 0 saturated heterocycles. The molecular formula is C15H23Cl2O2P. The summed E-state index contributed by atoms with van der Waals surface area (Å²) in [6.07, 6.45) is -3.65. The highest BCUT2D eigenvalue weighted by Crippen LogP contribution is 2.59. The lowest BCUT2D eigenvalue weighted by Crippen LogP contribution is -2.19. The Hall–Kier alpha value is -0.170. The maximum atomic E-state index is 11.7. The van der Waals surface area contributed by atoms with Crippen molar-refractivity contribution < 1.29 is 9.09 Å². The van der Waals surface area contributed by atoms with E-state index in [-0.39, 0.29) is 10.8 Å². The van der Waals surface area contributed by atoms with Gasteiger partial charge in [0.15, 0.2) is 0 Å². The fraction of sp³-hybridized carbons (Fsp3) is 0.600. The summed E-state index contributed by atoms with van der Waals surface area (Å²) in [6, 6.07) is 4.07. The molecule has 1 aromatic carbocycles.